The molecule has 1 rings (SSSR count). The van der Waals surface area contributed by atoms with Crippen LogP contribution in [0.2, 0.25) is 0 Å². The summed E-state index contributed by atoms with van der Waals surface area (Å²) in [5, 5.41) is 8.88. The van der Waals surface area contributed by atoms with Crippen molar-refractivity contribution in [2.75, 3.05) is 5.75 Å². The van der Waals surface area contributed by atoms with E-state index in [9.17, 15) is 14.0 Å². The minimum absolute atomic E-state index is 0.0220. The zero-order valence-corrected chi connectivity index (χ0v) is 13.4. The van der Waals surface area contributed by atoms with Crippen molar-refractivity contribution < 1.29 is 19.1 Å². The zero-order chi connectivity index (χ0) is 16.2. The lowest BCUT2D eigenvalue weighted by Gasteiger charge is -2.30. The van der Waals surface area contributed by atoms with Crippen molar-refractivity contribution in [2.45, 2.75) is 44.7 Å². The fourth-order valence-electron chi connectivity index (χ4n) is 2.15. The second kappa shape index (κ2) is 7.45. The Morgan fingerprint density at radius 3 is 2.29 bits per heavy atom. The number of aromatic carboxylic acids is 1. The molecule has 0 fully saturated rings. The lowest BCUT2D eigenvalue weighted by atomic mass is 10.2. The van der Waals surface area contributed by atoms with Gasteiger partial charge in [0.25, 0.3) is 0 Å². The van der Waals surface area contributed by atoms with E-state index in [2.05, 4.69) is 0 Å². The molecule has 0 radical (unpaired) electrons. The maximum atomic E-state index is 13.3. The molecule has 6 heteroatoms. The molecule has 0 aliphatic carbocycles. The van der Waals surface area contributed by atoms with Crippen LogP contribution in [0.5, 0.6) is 0 Å². The van der Waals surface area contributed by atoms with E-state index in [0.29, 0.717) is 4.90 Å². The van der Waals surface area contributed by atoms with Crippen LogP contribution in [0, 0.1) is 5.82 Å². The summed E-state index contributed by atoms with van der Waals surface area (Å²) in [6.07, 6.45) is 0. The van der Waals surface area contributed by atoms with Gasteiger partial charge in [-0.2, -0.15) is 0 Å². The van der Waals surface area contributed by atoms with Crippen LogP contribution in [0.25, 0.3) is 0 Å². The second-order valence-corrected chi connectivity index (χ2v) is 6.27. The van der Waals surface area contributed by atoms with Crippen molar-refractivity contribution in [1.29, 1.82) is 0 Å². The van der Waals surface area contributed by atoms with Crippen LogP contribution < -0.4 is 0 Å². The van der Waals surface area contributed by atoms with Gasteiger partial charge in [0.1, 0.15) is 5.82 Å². The second-order valence-electron chi connectivity index (χ2n) is 5.22. The molecule has 1 aromatic rings. The Hall–Kier alpha value is -1.56. The standard InChI is InChI=1S/C15H20FNO3S/c1-9(2)17(10(3)4)14(18)8-21-11-5-6-13(16)12(7-11)15(19)20/h5-7,9-10H,8H2,1-4H3,(H,19,20). The number of hydrogen-bond donors (Lipinski definition) is 1. The Labute approximate surface area is 128 Å². The van der Waals surface area contributed by atoms with Crippen molar-refractivity contribution in [1.82, 2.24) is 4.90 Å². The number of halogens is 1. The van der Waals surface area contributed by atoms with Gasteiger partial charge in [-0.3, -0.25) is 4.79 Å². The smallest absolute Gasteiger partial charge is 0.338 e. The molecular formula is C15H20FNO3S. The van der Waals surface area contributed by atoms with Crippen LogP contribution in [0.3, 0.4) is 0 Å². The summed E-state index contributed by atoms with van der Waals surface area (Å²) in [7, 11) is 0. The predicted octanol–water partition coefficient (Wildman–Crippen LogP) is 3.26. The average Bonchev–Trinajstić information content (AvgIpc) is 2.36. The molecule has 0 saturated carbocycles. The molecule has 4 nitrogen and oxygen atoms in total. The van der Waals surface area contributed by atoms with Gasteiger partial charge >= 0.3 is 5.97 Å². The van der Waals surface area contributed by atoms with Gasteiger partial charge in [-0.25, -0.2) is 9.18 Å². The van der Waals surface area contributed by atoms with E-state index >= 15 is 0 Å². The first-order valence-electron chi connectivity index (χ1n) is 6.70. The summed E-state index contributed by atoms with van der Waals surface area (Å²) in [6, 6.07) is 4.04. The maximum Gasteiger partial charge on any atom is 0.338 e. The van der Waals surface area contributed by atoms with Crippen molar-refractivity contribution in [3.8, 4) is 0 Å². The normalized spacial score (nSPS) is 11.0. The molecular weight excluding hydrogens is 293 g/mol. The number of nitrogens with zero attached hydrogens (tertiary/aromatic N) is 1. The van der Waals surface area contributed by atoms with Crippen LogP contribution in [0.15, 0.2) is 23.1 Å². The van der Waals surface area contributed by atoms with Gasteiger partial charge in [0, 0.05) is 17.0 Å². The summed E-state index contributed by atoms with van der Waals surface area (Å²) < 4.78 is 13.3. The van der Waals surface area contributed by atoms with Gasteiger partial charge in [0.05, 0.1) is 11.3 Å². The Kier molecular flexibility index (Phi) is 6.20. The number of thioether (sulfide) groups is 1. The third kappa shape index (κ3) is 4.74. The number of hydrogen-bond acceptors (Lipinski definition) is 3. The first-order valence-corrected chi connectivity index (χ1v) is 7.69. The predicted molar refractivity (Wildman–Crippen MR) is 81.2 cm³/mol. The number of rotatable bonds is 6. The molecule has 1 aromatic carbocycles. The summed E-state index contributed by atoms with van der Waals surface area (Å²) in [6.45, 7) is 7.79. The highest BCUT2D eigenvalue weighted by molar-refractivity contribution is 8.00. The van der Waals surface area contributed by atoms with Crippen LogP contribution in [0.1, 0.15) is 38.1 Å². The summed E-state index contributed by atoms with van der Waals surface area (Å²) in [5.41, 5.74) is -0.378. The molecule has 0 spiro atoms. The number of carboxylic acid groups (broad SMARTS) is 1. The number of amides is 1. The number of carbonyl (C=O) groups excluding carboxylic acids is 1. The van der Waals surface area contributed by atoms with Crippen LogP contribution in [-0.2, 0) is 4.79 Å². The molecule has 0 saturated heterocycles. The molecule has 0 bridgehead atoms. The quantitative estimate of drug-likeness (QED) is 0.819. The Morgan fingerprint density at radius 2 is 1.81 bits per heavy atom. The number of carboxylic acids is 1. The van der Waals surface area contributed by atoms with Crippen molar-refractivity contribution in [2.24, 2.45) is 0 Å². The van der Waals surface area contributed by atoms with Gasteiger partial charge in [-0.1, -0.05) is 0 Å². The number of benzene rings is 1. The lowest BCUT2D eigenvalue weighted by Crippen LogP contribution is -2.43. The molecule has 21 heavy (non-hydrogen) atoms. The average molecular weight is 313 g/mol. The van der Waals surface area contributed by atoms with E-state index in [0.717, 1.165) is 6.07 Å². The molecule has 116 valence electrons. The highest BCUT2D eigenvalue weighted by atomic mass is 32.2. The van der Waals surface area contributed by atoms with Crippen molar-refractivity contribution >= 4 is 23.6 Å². The fourth-order valence-corrected chi connectivity index (χ4v) is 2.95. The summed E-state index contributed by atoms with van der Waals surface area (Å²) >= 11 is 1.21. The monoisotopic (exact) mass is 313 g/mol. The van der Waals surface area contributed by atoms with Gasteiger partial charge in [-0.15, -0.1) is 11.8 Å². The van der Waals surface area contributed by atoms with E-state index in [4.69, 9.17) is 5.11 Å². The van der Waals surface area contributed by atoms with Gasteiger partial charge in [0.15, 0.2) is 0 Å². The molecule has 0 aliphatic heterocycles. The van der Waals surface area contributed by atoms with E-state index in [1.54, 1.807) is 4.90 Å². The third-order valence-corrected chi connectivity index (χ3v) is 3.91. The molecule has 0 heterocycles. The first-order chi connectivity index (χ1) is 9.73. The molecule has 1 N–H and O–H groups in total. The highest BCUT2D eigenvalue weighted by Gasteiger charge is 2.20. The molecule has 0 atom stereocenters. The van der Waals surface area contributed by atoms with Gasteiger partial charge < -0.3 is 10.0 Å². The minimum atomic E-state index is -1.31. The summed E-state index contributed by atoms with van der Waals surface area (Å²) in [5.74, 6) is -1.91. The molecule has 0 aromatic heterocycles. The van der Waals surface area contributed by atoms with Gasteiger partial charge in [0.2, 0.25) is 5.91 Å². The lowest BCUT2D eigenvalue weighted by molar-refractivity contribution is -0.131. The SMILES string of the molecule is CC(C)N(C(=O)CSc1ccc(F)c(C(=O)O)c1)C(C)C. The van der Waals surface area contributed by atoms with Crippen LogP contribution in [-0.4, -0.2) is 39.7 Å². The molecule has 0 unspecified atom stereocenters. The zero-order valence-electron chi connectivity index (χ0n) is 12.6. The first kappa shape index (κ1) is 17.5. The van der Waals surface area contributed by atoms with Crippen LogP contribution in [0.4, 0.5) is 4.39 Å². The largest absolute Gasteiger partial charge is 0.478 e. The Balaban J connectivity index is 2.77. The van der Waals surface area contributed by atoms with E-state index in [-0.39, 0.29) is 29.3 Å². The minimum Gasteiger partial charge on any atom is -0.478 e. The third-order valence-electron chi connectivity index (χ3n) is 2.93. The van der Waals surface area contributed by atoms with Gasteiger partial charge in [-0.05, 0) is 45.9 Å². The molecule has 1 amide bonds. The van der Waals surface area contributed by atoms with E-state index in [1.165, 1.54) is 23.9 Å². The van der Waals surface area contributed by atoms with Crippen LogP contribution >= 0.6 is 11.8 Å². The Morgan fingerprint density at radius 1 is 1.24 bits per heavy atom. The van der Waals surface area contributed by atoms with E-state index in [1.807, 2.05) is 27.7 Å². The topological polar surface area (TPSA) is 57.6 Å². The molecule has 0 aliphatic rings. The fraction of sp³-hybridized carbons (Fsp3) is 0.467. The van der Waals surface area contributed by atoms with Crippen molar-refractivity contribution in [3.63, 3.8) is 0 Å². The number of carbonyl (C=O) groups is 2. The maximum absolute atomic E-state index is 13.3. The highest BCUT2D eigenvalue weighted by Crippen LogP contribution is 2.22. The van der Waals surface area contributed by atoms with Crippen molar-refractivity contribution in [3.05, 3.63) is 29.6 Å². The Bertz CT molecular complexity index is 524. The summed E-state index contributed by atoms with van der Waals surface area (Å²) in [4.78, 5) is 25.4. The van der Waals surface area contributed by atoms with E-state index < -0.39 is 11.8 Å².